The fraction of sp³-hybridized carbons (Fsp3) is 0.969. The first-order chi connectivity index (χ1) is 16.6. The lowest BCUT2D eigenvalue weighted by Crippen LogP contribution is -2.47. The van der Waals surface area contributed by atoms with Gasteiger partial charge in [-0.05, 0) is 43.4 Å². The average molecular weight is 493 g/mol. The molecule has 0 radical (unpaired) electrons. The van der Waals surface area contributed by atoms with Gasteiger partial charge in [-0.25, -0.2) is 4.79 Å². The minimum absolute atomic E-state index is 0.0149. The van der Waals surface area contributed by atoms with E-state index < -0.39 is 0 Å². The Labute approximate surface area is 219 Å². The van der Waals surface area contributed by atoms with Crippen LogP contribution in [0.15, 0.2) is 0 Å². The number of quaternary nitrogens is 1. The zero-order valence-electron chi connectivity index (χ0n) is 24.8. The summed E-state index contributed by atoms with van der Waals surface area (Å²) >= 11 is 0. The molecule has 206 valence electrons. The Bertz CT molecular complexity index is 598. The molecule has 2 rings (SSSR count). The van der Waals surface area contributed by atoms with Crippen LogP contribution in [0.2, 0.25) is 0 Å². The highest BCUT2D eigenvalue weighted by Gasteiger charge is 2.62. The minimum Gasteiger partial charge on any atom is -0.458 e. The molecule has 0 heterocycles. The van der Waals surface area contributed by atoms with Crippen LogP contribution in [0, 0.1) is 16.7 Å². The zero-order valence-corrected chi connectivity index (χ0v) is 24.8. The number of fused-ring (bicyclic) bond motifs is 2. The van der Waals surface area contributed by atoms with Crippen LogP contribution >= 0.6 is 0 Å². The third-order valence-electron chi connectivity index (χ3n) is 10.2. The maximum atomic E-state index is 12.8. The predicted molar refractivity (Wildman–Crippen MR) is 150 cm³/mol. The number of unbranched alkanes of at least 4 members (excludes halogenated alkanes) is 15. The first-order valence-corrected chi connectivity index (χ1v) is 15.6. The van der Waals surface area contributed by atoms with Gasteiger partial charge in [0.1, 0.15) is 6.10 Å². The van der Waals surface area contributed by atoms with Gasteiger partial charge < -0.3 is 9.22 Å². The summed E-state index contributed by atoms with van der Waals surface area (Å²) < 4.78 is 6.86. The minimum atomic E-state index is 0.0149. The van der Waals surface area contributed by atoms with E-state index in [1.54, 1.807) is 0 Å². The van der Waals surface area contributed by atoms with E-state index in [4.69, 9.17) is 4.74 Å². The summed E-state index contributed by atoms with van der Waals surface area (Å²) in [4.78, 5) is 12.8. The summed E-state index contributed by atoms with van der Waals surface area (Å²) in [5.41, 5.74) is 0.466. The van der Waals surface area contributed by atoms with E-state index in [0.29, 0.717) is 12.0 Å². The van der Waals surface area contributed by atoms with Crippen LogP contribution in [0.4, 0.5) is 0 Å². The molecule has 3 atom stereocenters. The highest BCUT2D eigenvalue weighted by molar-refractivity contribution is 5.71. The molecule has 2 aliphatic carbocycles. The van der Waals surface area contributed by atoms with E-state index in [1.165, 1.54) is 116 Å². The Morgan fingerprint density at radius 3 is 1.63 bits per heavy atom. The van der Waals surface area contributed by atoms with Crippen molar-refractivity contribution in [3.63, 3.8) is 0 Å². The van der Waals surface area contributed by atoms with E-state index in [1.807, 2.05) is 0 Å². The number of carbonyl (C=O) groups excluding carboxylic acids is 1. The van der Waals surface area contributed by atoms with Crippen molar-refractivity contribution in [3.8, 4) is 0 Å². The molecule has 0 aromatic rings. The number of carbonyl (C=O) groups is 1. The molecule has 0 N–H and O–H groups in total. The number of nitrogens with zero attached hydrogens (tertiary/aromatic N) is 1. The van der Waals surface area contributed by atoms with Gasteiger partial charge in [-0.1, -0.05) is 118 Å². The number of hydrogen-bond donors (Lipinski definition) is 0. The first kappa shape index (κ1) is 30.7. The standard InChI is InChI=1S/C32H62NO2/c1-7-8-9-10-11-12-13-14-15-16-17-18-19-20-21-22-25-33(5,6)27-30(34)35-29-26-28-23-24-32(29,4)31(28,2)3/h28-29H,7-27H2,1-6H3/q+1/t28-,29+,32+/m1/s1. The Morgan fingerprint density at radius 2 is 1.23 bits per heavy atom. The van der Waals surface area contributed by atoms with Gasteiger partial charge in [0, 0.05) is 5.41 Å². The second-order valence-corrected chi connectivity index (χ2v) is 13.7. The summed E-state index contributed by atoms with van der Waals surface area (Å²) in [7, 11) is 4.39. The molecule has 3 heteroatoms. The monoisotopic (exact) mass is 492 g/mol. The van der Waals surface area contributed by atoms with Crippen LogP contribution in [0.1, 0.15) is 150 Å². The molecular weight excluding hydrogens is 430 g/mol. The van der Waals surface area contributed by atoms with Gasteiger partial charge >= 0.3 is 5.97 Å². The second-order valence-electron chi connectivity index (χ2n) is 13.7. The van der Waals surface area contributed by atoms with Crippen molar-refractivity contribution in [2.24, 2.45) is 16.7 Å². The molecule has 0 unspecified atom stereocenters. The molecule has 3 nitrogen and oxygen atoms in total. The van der Waals surface area contributed by atoms with Crippen molar-refractivity contribution in [2.45, 2.75) is 156 Å². The zero-order chi connectivity index (χ0) is 25.8. The van der Waals surface area contributed by atoms with E-state index in [-0.39, 0.29) is 17.5 Å². The highest BCUT2D eigenvalue weighted by Crippen LogP contribution is 2.66. The average Bonchev–Trinajstić information content (AvgIpc) is 3.12. The van der Waals surface area contributed by atoms with Gasteiger partial charge in [0.2, 0.25) is 0 Å². The Morgan fingerprint density at radius 1 is 0.771 bits per heavy atom. The van der Waals surface area contributed by atoms with Crippen molar-refractivity contribution in [2.75, 3.05) is 27.2 Å². The lowest BCUT2D eigenvalue weighted by Gasteiger charge is -2.39. The Balaban J connectivity index is 1.43. The molecule has 0 aliphatic heterocycles. The quantitative estimate of drug-likeness (QED) is 0.0962. The third kappa shape index (κ3) is 9.67. The number of likely N-dealkylation sites (N-methyl/N-ethyl adjacent to an activating group) is 1. The molecule has 2 bridgehead atoms. The normalized spacial score (nSPS) is 25.3. The summed E-state index contributed by atoms with van der Waals surface area (Å²) in [5.74, 6) is 0.735. The summed E-state index contributed by atoms with van der Waals surface area (Å²) in [6.45, 7) is 11.0. The van der Waals surface area contributed by atoms with Gasteiger partial charge in [0.25, 0.3) is 0 Å². The number of rotatable bonds is 20. The molecular formula is C32H62NO2+. The number of esters is 1. The van der Waals surface area contributed by atoms with Gasteiger partial charge in [-0.2, -0.15) is 0 Å². The number of hydrogen-bond acceptors (Lipinski definition) is 2. The van der Waals surface area contributed by atoms with Crippen LogP contribution in [0.5, 0.6) is 0 Å². The van der Waals surface area contributed by atoms with Crippen LogP contribution in [0.3, 0.4) is 0 Å². The van der Waals surface area contributed by atoms with E-state index in [9.17, 15) is 4.79 Å². The van der Waals surface area contributed by atoms with Crippen LogP contribution < -0.4 is 0 Å². The van der Waals surface area contributed by atoms with Gasteiger partial charge in [-0.15, -0.1) is 0 Å². The van der Waals surface area contributed by atoms with Crippen molar-refractivity contribution in [1.29, 1.82) is 0 Å². The van der Waals surface area contributed by atoms with Crippen molar-refractivity contribution >= 4 is 5.97 Å². The maximum Gasteiger partial charge on any atom is 0.362 e. The fourth-order valence-corrected chi connectivity index (χ4v) is 7.02. The fourth-order valence-electron chi connectivity index (χ4n) is 7.02. The summed E-state index contributed by atoms with van der Waals surface area (Å²) in [5, 5.41) is 0. The van der Waals surface area contributed by atoms with E-state index in [0.717, 1.165) is 23.4 Å². The lowest BCUT2D eigenvalue weighted by molar-refractivity contribution is -0.883. The molecule has 35 heavy (non-hydrogen) atoms. The van der Waals surface area contributed by atoms with E-state index >= 15 is 0 Å². The molecule has 2 saturated carbocycles. The SMILES string of the molecule is CCCCCCCCCCCCCCCCCC[N+](C)(C)CC(=O)O[C@H]1C[C@H]2CC[C@]1(C)C2(C)C. The second kappa shape index (κ2) is 15.0. The van der Waals surface area contributed by atoms with Crippen molar-refractivity contribution < 1.29 is 14.0 Å². The van der Waals surface area contributed by atoms with Gasteiger partial charge in [0.15, 0.2) is 6.54 Å². The Hall–Kier alpha value is -0.570. The largest absolute Gasteiger partial charge is 0.458 e. The van der Waals surface area contributed by atoms with Crippen molar-refractivity contribution in [3.05, 3.63) is 0 Å². The van der Waals surface area contributed by atoms with Crippen LogP contribution in [-0.4, -0.2) is 43.7 Å². The van der Waals surface area contributed by atoms with E-state index in [2.05, 4.69) is 41.8 Å². The Kier molecular flexibility index (Phi) is 13.1. The summed E-state index contributed by atoms with van der Waals surface area (Å²) in [6.07, 6.45) is 26.1. The summed E-state index contributed by atoms with van der Waals surface area (Å²) in [6, 6.07) is 0. The molecule has 0 aromatic heterocycles. The highest BCUT2D eigenvalue weighted by atomic mass is 16.5. The van der Waals surface area contributed by atoms with Crippen LogP contribution in [-0.2, 0) is 9.53 Å². The molecule has 2 aliphatic rings. The van der Waals surface area contributed by atoms with Crippen LogP contribution in [0.25, 0.3) is 0 Å². The van der Waals surface area contributed by atoms with Crippen molar-refractivity contribution in [1.82, 2.24) is 0 Å². The third-order valence-corrected chi connectivity index (χ3v) is 10.2. The lowest BCUT2D eigenvalue weighted by atomic mass is 9.70. The predicted octanol–water partition coefficient (Wildman–Crippen LogP) is 9.08. The first-order valence-electron chi connectivity index (χ1n) is 15.6. The van der Waals surface area contributed by atoms with Gasteiger partial charge in [0.05, 0.1) is 20.6 Å². The number of ether oxygens (including phenoxy) is 1. The molecule has 0 saturated heterocycles. The smallest absolute Gasteiger partial charge is 0.362 e. The topological polar surface area (TPSA) is 26.3 Å². The van der Waals surface area contributed by atoms with Gasteiger partial charge in [-0.3, -0.25) is 0 Å². The molecule has 0 amide bonds. The molecule has 0 aromatic carbocycles. The maximum absolute atomic E-state index is 12.8. The molecule has 0 spiro atoms. The molecule has 2 fully saturated rings.